The second-order valence-corrected chi connectivity index (χ2v) is 7.74. The third-order valence-corrected chi connectivity index (χ3v) is 5.59. The van der Waals surface area contributed by atoms with Gasteiger partial charge in [-0.2, -0.15) is 0 Å². The average molecular weight is 404 g/mol. The fourth-order valence-electron chi connectivity index (χ4n) is 2.73. The molecule has 8 heteroatoms. The summed E-state index contributed by atoms with van der Waals surface area (Å²) in [6.45, 7) is 4.49. The van der Waals surface area contributed by atoms with Crippen molar-refractivity contribution in [3.05, 3.63) is 68.2 Å². The van der Waals surface area contributed by atoms with Crippen LogP contribution in [0.5, 0.6) is 0 Å². The molecule has 1 aliphatic rings. The second kappa shape index (κ2) is 8.10. The van der Waals surface area contributed by atoms with Gasteiger partial charge in [0.15, 0.2) is 5.17 Å². The van der Waals surface area contributed by atoms with E-state index in [4.69, 9.17) is 16.6 Å². The number of rotatable bonds is 3. The van der Waals surface area contributed by atoms with Gasteiger partial charge in [-0.3, -0.25) is 19.8 Å². The van der Waals surface area contributed by atoms with Crippen LogP contribution in [-0.4, -0.2) is 33.2 Å². The molecule has 0 aliphatic carbocycles. The molecule has 1 amide bonds. The third-order valence-electron chi connectivity index (χ3n) is 4.20. The summed E-state index contributed by atoms with van der Waals surface area (Å²) in [4.78, 5) is 29.8. The molecular formula is C19H18ClN3O3S. The van der Waals surface area contributed by atoms with Crippen LogP contribution in [0.15, 0.2) is 41.4 Å². The number of nitro groups is 1. The van der Waals surface area contributed by atoms with Gasteiger partial charge in [0.2, 0.25) is 0 Å². The molecule has 1 saturated heterocycles. The van der Waals surface area contributed by atoms with Crippen LogP contribution in [0.2, 0.25) is 5.02 Å². The Hall–Kier alpha value is -2.38. The van der Waals surface area contributed by atoms with Crippen LogP contribution in [0.4, 0.5) is 11.4 Å². The fourth-order valence-corrected chi connectivity index (χ4v) is 3.86. The Morgan fingerprint density at radius 2 is 2.04 bits per heavy atom. The van der Waals surface area contributed by atoms with Crippen molar-refractivity contribution in [3.8, 4) is 0 Å². The van der Waals surface area contributed by atoms with Crippen molar-refractivity contribution in [2.75, 3.05) is 12.3 Å². The number of aryl methyl sites for hydroxylation is 2. The molecule has 0 N–H and O–H groups in total. The number of nitro benzene ring substituents is 1. The molecule has 6 nitrogen and oxygen atoms in total. The van der Waals surface area contributed by atoms with Crippen molar-refractivity contribution in [2.24, 2.45) is 4.99 Å². The summed E-state index contributed by atoms with van der Waals surface area (Å²) in [5.74, 6) is 0.555. The zero-order valence-electron chi connectivity index (χ0n) is 14.9. The quantitative estimate of drug-likeness (QED) is 0.525. The molecule has 0 spiro atoms. The maximum absolute atomic E-state index is 13.0. The highest BCUT2D eigenvalue weighted by Crippen LogP contribution is 2.29. The van der Waals surface area contributed by atoms with E-state index in [0.717, 1.165) is 29.0 Å². The minimum atomic E-state index is -0.588. The maximum atomic E-state index is 13.0. The summed E-state index contributed by atoms with van der Waals surface area (Å²) < 4.78 is 0. The summed E-state index contributed by atoms with van der Waals surface area (Å²) in [7, 11) is 0. The standard InChI is InChI=1S/C19H18ClN3O3S/c1-12-4-5-13(2)16(10-12)21-19-22(8-3-9-27-19)18(24)14-6-7-15(20)17(11-14)23(25)26/h4-7,10-11H,3,8-9H2,1-2H3. The second-order valence-electron chi connectivity index (χ2n) is 6.27. The Morgan fingerprint density at radius 3 is 2.78 bits per heavy atom. The normalized spacial score (nSPS) is 15.8. The predicted molar refractivity (Wildman–Crippen MR) is 109 cm³/mol. The molecule has 1 fully saturated rings. The molecule has 1 aliphatic heterocycles. The van der Waals surface area contributed by atoms with Crippen molar-refractivity contribution < 1.29 is 9.72 Å². The molecule has 2 aromatic carbocycles. The Kier molecular flexibility index (Phi) is 5.82. The van der Waals surface area contributed by atoms with E-state index in [1.54, 1.807) is 4.90 Å². The Labute approximate surface area is 166 Å². The molecule has 2 aromatic rings. The van der Waals surface area contributed by atoms with E-state index in [-0.39, 0.29) is 22.2 Å². The van der Waals surface area contributed by atoms with E-state index >= 15 is 0 Å². The molecule has 0 atom stereocenters. The first-order chi connectivity index (χ1) is 12.9. The summed E-state index contributed by atoms with van der Waals surface area (Å²) in [5, 5.41) is 11.7. The van der Waals surface area contributed by atoms with Crippen molar-refractivity contribution in [3.63, 3.8) is 0 Å². The minimum Gasteiger partial charge on any atom is -0.287 e. The van der Waals surface area contributed by atoms with Gasteiger partial charge in [0.1, 0.15) is 5.02 Å². The highest BCUT2D eigenvalue weighted by atomic mass is 35.5. The van der Waals surface area contributed by atoms with Crippen LogP contribution >= 0.6 is 23.4 Å². The van der Waals surface area contributed by atoms with E-state index in [9.17, 15) is 14.9 Å². The van der Waals surface area contributed by atoms with Gasteiger partial charge in [-0.05, 0) is 49.6 Å². The van der Waals surface area contributed by atoms with Gasteiger partial charge in [0, 0.05) is 23.9 Å². The van der Waals surface area contributed by atoms with Gasteiger partial charge in [-0.25, -0.2) is 4.99 Å². The Bertz CT molecular complexity index is 946. The number of carbonyl (C=O) groups excluding carboxylic acids is 1. The molecule has 0 unspecified atom stereocenters. The largest absolute Gasteiger partial charge is 0.288 e. The van der Waals surface area contributed by atoms with Crippen molar-refractivity contribution in [2.45, 2.75) is 20.3 Å². The van der Waals surface area contributed by atoms with E-state index in [2.05, 4.69) is 0 Å². The number of amides is 1. The summed E-state index contributed by atoms with van der Waals surface area (Å²) in [5.41, 5.74) is 2.88. The number of hydrogen-bond acceptors (Lipinski definition) is 5. The van der Waals surface area contributed by atoms with Crippen LogP contribution < -0.4 is 0 Å². The molecule has 0 saturated carbocycles. The fraction of sp³-hybridized carbons (Fsp3) is 0.263. The van der Waals surface area contributed by atoms with Crippen LogP contribution in [-0.2, 0) is 0 Å². The van der Waals surface area contributed by atoms with Gasteiger partial charge >= 0.3 is 0 Å². The first-order valence-electron chi connectivity index (χ1n) is 8.41. The smallest absolute Gasteiger partial charge is 0.287 e. The number of carbonyl (C=O) groups is 1. The first-order valence-corrected chi connectivity index (χ1v) is 9.77. The molecule has 27 heavy (non-hydrogen) atoms. The van der Waals surface area contributed by atoms with Crippen LogP contribution in [0, 0.1) is 24.0 Å². The number of halogens is 1. The molecule has 0 bridgehead atoms. The Morgan fingerprint density at radius 1 is 1.26 bits per heavy atom. The highest BCUT2D eigenvalue weighted by Gasteiger charge is 2.27. The number of benzene rings is 2. The summed E-state index contributed by atoms with van der Waals surface area (Å²) in [6, 6.07) is 10.1. The number of nitrogens with zero attached hydrogens (tertiary/aromatic N) is 3. The minimum absolute atomic E-state index is 0.00819. The summed E-state index contributed by atoms with van der Waals surface area (Å²) >= 11 is 7.37. The highest BCUT2D eigenvalue weighted by molar-refractivity contribution is 8.13. The van der Waals surface area contributed by atoms with Crippen LogP contribution in [0.25, 0.3) is 0 Å². The van der Waals surface area contributed by atoms with E-state index in [1.807, 2.05) is 32.0 Å². The van der Waals surface area contributed by atoms with Crippen molar-refractivity contribution in [1.29, 1.82) is 0 Å². The van der Waals surface area contributed by atoms with Gasteiger partial charge in [0.05, 0.1) is 10.6 Å². The number of aliphatic imine (C=N–C) groups is 1. The number of amidine groups is 1. The molecule has 140 valence electrons. The van der Waals surface area contributed by atoms with E-state index < -0.39 is 4.92 Å². The zero-order chi connectivity index (χ0) is 19.6. The molecule has 1 heterocycles. The lowest BCUT2D eigenvalue weighted by Crippen LogP contribution is -2.39. The van der Waals surface area contributed by atoms with Crippen LogP contribution in [0.1, 0.15) is 27.9 Å². The topological polar surface area (TPSA) is 75.8 Å². The third kappa shape index (κ3) is 4.31. The average Bonchev–Trinajstić information content (AvgIpc) is 2.65. The number of hydrogen-bond donors (Lipinski definition) is 0. The molecule has 3 rings (SSSR count). The van der Waals surface area contributed by atoms with Crippen LogP contribution in [0.3, 0.4) is 0 Å². The first kappa shape index (κ1) is 19.4. The lowest BCUT2D eigenvalue weighted by Gasteiger charge is -2.28. The van der Waals surface area contributed by atoms with Gasteiger partial charge in [0.25, 0.3) is 11.6 Å². The molecule has 0 radical (unpaired) electrons. The molecule has 0 aromatic heterocycles. The van der Waals surface area contributed by atoms with Crippen molar-refractivity contribution in [1.82, 2.24) is 4.90 Å². The predicted octanol–water partition coefficient (Wildman–Crippen LogP) is 5.13. The van der Waals surface area contributed by atoms with Gasteiger partial charge in [-0.15, -0.1) is 0 Å². The SMILES string of the molecule is Cc1ccc(C)c(N=C2SCCCN2C(=O)c2ccc(Cl)c([N+](=O)[O-])c2)c1. The van der Waals surface area contributed by atoms with Gasteiger partial charge < -0.3 is 0 Å². The monoisotopic (exact) mass is 403 g/mol. The summed E-state index contributed by atoms with van der Waals surface area (Å²) in [6.07, 6.45) is 0.831. The lowest BCUT2D eigenvalue weighted by atomic mass is 10.1. The number of thioether (sulfide) groups is 1. The van der Waals surface area contributed by atoms with E-state index in [1.165, 1.54) is 30.0 Å². The van der Waals surface area contributed by atoms with Gasteiger partial charge in [-0.1, -0.05) is 35.5 Å². The Balaban J connectivity index is 1.97. The molecular weight excluding hydrogens is 386 g/mol. The van der Waals surface area contributed by atoms with Crippen molar-refractivity contribution >= 4 is 45.8 Å². The van der Waals surface area contributed by atoms with E-state index in [0.29, 0.717) is 11.7 Å². The lowest BCUT2D eigenvalue weighted by molar-refractivity contribution is -0.384. The zero-order valence-corrected chi connectivity index (χ0v) is 16.5. The maximum Gasteiger partial charge on any atom is 0.288 e.